The number of nitrogens with two attached hydrogens (primary N) is 1. The topological polar surface area (TPSA) is 43.8 Å². The van der Waals surface area contributed by atoms with E-state index in [9.17, 15) is 8.78 Å². The van der Waals surface area contributed by atoms with Gasteiger partial charge in [-0.1, -0.05) is 12.1 Å². The van der Waals surface area contributed by atoms with Gasteiger partial charge in [-0.15, -0.1) is 0 Å². The highest BCUT2D eigenvalue weighted by molar-refractivity contribution is 5.43. The lowest BCUT2D eigenvalue weighted by atomic mass is 9.95. The molecule has 5 heteroatoms. The van der Waals surface area contributed by atoms with Crippen LogP contribution in [0, 0.1) is 0 Å². The SMILES string of the molecule is NCC1(c2ccc(-n3cccn3)cc2)CC1(F)F. The van der Waals surface area contributed by atoms with Crippen LogP contribution in [0.1, 0.15) is 12.0 Å². The smallest absolute Gasteiger partial charge is 0.260 e. The van der Waals surface area contributed by atoms with E-state index in [4.69, 9.17) is 5.73 Å². The maximum Gasteiger partial charge on any atom is 0.260 e. The fraction of sp³-hybridized carbons (Fsp3) is 0.308. The Bertz CT molecular complexity index is 548. The number of benzene rings is 1. The van der Waals surface area contributed by atoms with E-state index in [-0.39, 0.29) is 13.0 Å². The molecule has 0 radical (unpaired) electrons. The van der Waals surface area contributed by atoms with Crippen molar-refractivity contribution in [3.8, 4) is 5.69 Å². The fourth-order valence-corrected chi connectivity index (χ4v) is 2.34. The Hall–Kier alpha value is -1.75. The molecule has 0 spiro atoms. The van der Waals surface area contributed by atoms with Crippen molar-refractivity contribution in [3.63, 3.8) is 0 Å². The number of alkyl halides is 2. The first-order valence-electron chi connectivity index (χ1n) is 5.77. The zero-order valence-corrected chi connectivity index (χ0v) is 9.68. The van der Waals surface area contributed by atoms with Crippen LogP contribution in [-0.4, -0.2) is 22.2 Å². The number of hydrogen-bond acceptors (Lipinski definition) is 2. The average molecular weight is 249 g/mol. The van der Waals surface area contributed by atoms with Gasteiger partial charge in [-0.2, -0.15) is 5.10 Å². The molecule has 1 saturated carbocycles. The summed E-state index contributed by atoms with van der Waals surface area (Å²) < 4.78 is 28.5. The van der Waals surface area contributed by atoms with Crippen LogP contribution in [0.2, 0.25) is 0 Å². The maximum absolute atomic E-state index is 13.4. The molecule has 1 aromatic heterocycles. The van der Waals surface area contributed by atoms with Gasteiger partial charge in [0.1, 0.15) is 0 Å². The summed E-state index contributed by atoms with van der Waals surface area (Å²) in [6.45, 7) is -0.0267. The van der Waals surface area contributed by atoms with E-state index in [0.29, 0.717) is 5.56 Å². The Morgan fingerprint density at radius 2 is 1.94 bits per heavy atom. The van der Waals surface area contributed by atoms with Gasteiger partial charge in [0, 0.05) is 25.4 Å². The van der Waals surface area contributed by atoms with Crippen LogP contribution < -0.4 is 5.73 Å². The van der Waals surface area contributed by atoms with Crippen LogP contribution in [-0.2, 0) is 5.41 Å². The highest BCUT2D eigenvalue weighted by atomic mass is 19.3. The van der Waals surface area contributed by atoms with Crippen molar-refractivity contribution in [3.05, 3.63) is 48.3 Å². The Balaban J connectivity index is 1.93. The van der Waals surface area contributed by atoms with Gasteiger partial charge >= 0.3 is 0 Å². The van der Waals surface area contributed by atoms with Crippen LogP contribution >= 0.6 is 0 Å². The molecule has 1 aliphatic carbocycles. The number of aromatic nitrogens is 2. The van der Waals surface area contributed by atoms with Crippen molar-refractivity contribution < 1.29 is 8.78 Å². The van der Waals surface area contributed by atoms with Gasteiger partial charge in [-0.25, -0.2) is 13.5 Å². The zero-order chi connectivity index (χ0) is 12.8. The van der Waals surface area contributed by atoms with E-state index in [2.05, 4.69) is 5.10 Å². The average Bonchev–Trinajstić information content (AvgIpc) is 2.78. The molecule has 18 heavy (non-hydrogen) atoms. The minimum absolute atomic E-state index is 0.0267. The van der Waals surface area contributed by atoms with Crippen LogP contribution in [0.25, 0.3) is 5.69 Å². The predicted molar refractivity (Wildman–Crippen MR) is 63.9 cm³/mol. The number of rotatable bonds is 3. The molecule has 1 heterocycles. The van der Waals surface area contributed by atoms with Crippen LogP contribution in [0.5, 0.6) is 0 Å². The molecule has 1 atom stereocenters. The van der Waals surface area contributed by atoms with E-state index < -0.39 is 11.3 Å². The highest BCUT2D eigenvalue weighted by Gasteiger charge is 2.70. The first-order valence-corrected chi connectivity index (χ1v) is 5.77. The quantitative estimate of drug-likeness (QED) is 0.905. The summed E-state index contributed by atoms with van der Waals surface area (Å²) >= 11 is 0. The van der Waals surface area contributed by atoms with E-state index in [0.717, 1.165) is 5.69 Å². The first kappa shape index (κ1) is 11.3. The minimum Gasteiger partial charge on any atom is -0.329 e. The molecule has 94 valence electrons. The summed E-state index contributed by atoms with van der Waals surface area (Å²) in [5.41, 5.74) is 5.80. The molecule has 1 unspecified atom stereocenters. The van der Waals surface area contributed by atoms with Crippen LogP contribution in [0.15, 0.2) is 42.7 Å². The van der Waals surface area contributed by atoms with Gasteiger partial charge in [0.05, 0.1) is 11.1 Å². The molecule has 1 aromatic carbocycles. The predicted octanol–water partition coefficient (Wildman–Crippen LogP) is 2.11. The van der Waals surface area contributed by atoms with Crippen LogP contribution in [0.4, 0.5) is 8.78 Å². The van der Waals surface area contributed by atoms with Gasteiger partial charge in [0.2, 0.25) is 0 Å². The van der Waals surface area contributed by atoms with Crippen molar-refractivity contribution in [1.29, 1.82) is 0 Å². The molecule has 0 amide bonds. The molecule has 0 saturated heterocycles. The molecule has 2 aromatic rings. The van der Waals surface area contributed by atoms with Gasteiger partial charge in [0.25, 0.3) is 5.92 Å². The summed E-state index contributed by atoms with van der Waals surface area (Å²) in [4.78, 5) is 0. The molecular formula is C13H13F2N3. The summed E-state index contributed by atoms with van der Waals surface area (Å²) in [5.74, 6) is -2.67. The summed E-state index contributed by atoms with van der Waals surface area (Å²) in [5, 5.41) is 4.09. The molecular weight excluding hydrogens is 236 g/mol. The van der Waals surface area contributed by atoms with Crippen LogP contribution in [0.3, 0.4) is 0 Å². The Labute approximate surface area is 103 Å². The van der Waals surface area contributed by atoms with E-state index in [1.807, 2.05) is 6.07 Å². The van der Waals surface area contributed by atoms with Crippen molar-refractivity contribution >= 4 is 0 Å². The molecule has 0 bridgehead atoms. The molecule has 1 fully saturated rings. The molecule has 3 rings (SSSR count). The lowest BCUT2D eigenvalue weighted by Gasteiger charge is -2.14. The molecule has 2 N–H and O–H groups in total. The molecule has 3 nitrogen and oxygen atoms in total. The third-order valence-electron chi connectivity index (χ3n) is 3.64. The summed E-state index contributed by atoms with van der Waals surface area (Å²) in [7, 11) is 0. The number of halogens is 2. The van der Waals surface area contributed by atoms with Crippen molar-refractivity contribution in [2.24, 2.45) is 5.73 Å². The van der Waals surface area contributed by atoms with Crippen molar-refractivity contribution in [2.75, 3.05) is 6.54 Å². The number of nitrogens with zero attached hydrogens (tertiary/aromatic N) is 2. The third kappa shape index (κ3) is 1.47. The van der Waals surface area contributed by atoms with E-state index in [1.54, 1.807) is 41.3 Å². The minimum atomic E-state index is -2.67. The Kier molecular flexibility index (Phi) is 2.28. The van der Waals surface area contributed by atoms with Gasteiger partial charge in [-0.3, -0.25) is 0 Å². The second-order valence-electron chi connectivity index (χ2n) is 4.66. The number of hydrogen-bond donors (Lipinski definition) is 1. The Morgan fingerprint density at radius 3 is 2.39 bits per heavy atom. The summed E-state index contributed by atoms with van der Waals surface area (Å²) in [6.07, 6.45) is 3.32. The van der Waals surface area contributed by atoms with Gasteiger partial charge in [0.15, 0.2) is 0 Å². The van der Waals surface area contributed by atoms with Gasteiger partial charge < -0.3 is 5.73 Å². The normalized spacial score (nSPS) is 25.1. The summed E-state index contributed by atoms with van der Waals surface area (Å²) in [6, 6.07) is 8.81. The highest BCUT2D eigenvalue weighted by Crippen LogP contribution is 2.60. The van der Waals surface area contributed by atoms with E-state index in [1.165, 1.54) is 0 Å². The van der Waals surface area contributed by atoms with Gasteiger partial charge in [-0.05, 0) is 23.8 Å². The lowest BCUT2D eigenvalue weighted by Crippen LogP contribution is -2.26. The molecule has 0 aliphatic heterocycles. The largest absolute Gasteiger partial charge is 0.329 e. The van der Waals surface area contributed by atoms with Crippen molar-refractivity contribution in [1.82, 2.24) is 9.78 Å². The molecule has 1 aliphatic rings. The lowest BCUT2D eigenvalue weighted by molar-refractivity contribution is 0.0896. The van der Waals surface area contributed by atoms with E-state index >= 15 is 0 Å². The zero-order valence-electron chi connectivity index (χ0n) is 9.68. The van der Waals surface area contributed by atoms with Crippen molar-refractivity contribution in [2.45, 2.75) is 17.8 Å². The second kappa shape index (κ2) is 3.62. The fourth-order valence-electron chi connectivity index (χ4n) is 2.34. The Morgan fingerprint density at radius 1 is 1.28 bits per heavy atom. The first-order chi connectivity index (χ1) is 8.59. The maximum atomic E-state index is 13.4. The third-order valence-corrected chi connectivity index (χ3v) is 3.64. The second-order valence-corrected chi connectivity index (χ2v) is 4.66. The monoisotopic (exact) mass is 249 g/mol. The standard InChI is InChI=1S/C13H13F2N3/c14-13(15)8-12(13,9-16)10-2-4-11(5-3-10)18-7-1-6-17-18/h1-7H,8-9,16H2.